The topological polar surface area (TPSA) is 91.0 Å². The average molecular weight is 254 g/mol. The molecule has 6 heteroatoms. The molecule has 0 radical (unpaired) electrons. The number of amidine groups is 1. The lowest BCUT2D eigenvalue weighted by atomic mass is 9.90. The lowest BCUT2D eigenvalue weighted by Crippen LogP contribution is -2.49. The predicted molar refractivity (Wildman–Crippen MR) is 68.3 cm³/mol. The second-order valence-electron chi connectivity index (χ2n) is 5.80. The van der Waals surface area contributed by atoms with Gasteiger partial charge in [-0.2, -0.15) is 0 Å². The van der Waals surface area contributed by atoms with Gasteiger partial charge in [-0.1, -0.05) is 5.16 Å². The van der Waals surface area contributed by atoms with E-state index in [1.165, 1.54) is 12.8 Å². The molecule has 1 amide bonds. The molecule has 0 aromatic heterocycles. The van der Waals surface area contributed by atoms with Crippen LogP contribution in [-0.4, -0.2) is 47.0 Å². The van der Waals surface area contributed by atoms with Gasteiger partial charge in [0.1, 0.15) is 5.41 Å². The number of carbonyl (C=O) groups is 1. The standard InChI is InChI=1S/C12H22N4O2/c1-12(2,10(13)15-18)11(17)14-8-5-6-16(7-8)9-3-4-9/h8-9,18H,3-7H2,1-2H3,(H2,13,15)(H,14,17). The number of carbonyl (C=O) groups excluding carboxylic acids is 1. The molecular weight excluding hydrogens is 232 g/mol. The molecule has 1 saturated carbocycles. The number of oxime groups is 1. The SMILES string of the molecule is CC(C)(C(=O)NC1CCN(C2CC2)C1)C(N)=NO. The van der Waals surface area contributed by atoms with E-state index in [4.69, 9.17) is 10.9 Å². The number of nitrogens with one attached hydrogen (secondary N) is 1. The summed E-state index contributed by atoms with van der Waals surface area (Å²) >= 11 is 0. The minimum atomic E-state index is -0.970. The van der Waals surface area contributed by atoms with E-state index in [0.717, 1.165) is 25.6 Å². The van der Waals surface area contributed by atoms with Crippen molar-refractivity contribution in [3.63, 3.8) is 0 Å². The van der Waals surface area contributed by atoms with Crippen LogP contribution >= 0.6 is 0 Å². The number of likely N-dealkylation sites (tertiary alicyclic amines) is 1. The quantitative estimate of drug-likeness (QED) is 0.287. The van der Waals surface area contributed by atoms with E-state index in [2.05, 4.69) is 15.4 Å². The maximum Gasteiger partial charge on any atom is 0.233 e. The fourth-order valence-electron chi connectivity index (χ4n) is 2.28. The monoisotopic (exact) mass is 254 g/mol. The molecule has 6 nitrogen and oxygen atoms in total. The zero-order chi connectivity index (χ0) is 13.3. The van der Waals surface area contributed by atoms with Gasteiger partial charge in [-0.15, -0.1) is 0 Å². The van der Waals surface area contributed by atoms with Gasteiger partial charge in [-0.05, 0) is 33.1 Å². The molecule has 1 aliphatic carbocycles. The molecule has 18 heavy (non-hydrogen) atoms. The van der Waals surface area contributed by atoms with Crippen molar-refractivity contribution in [3.8, 4) is 0 Å². The molecule has 2 fully saturated rings. The predicted octanol–water partition coefficient (Wildman–Crippen LogP) is 0.112. The number of rotatable bonds is 4. The molecule has 1 atom stereocenters. The van der Waals surface area contributed by atoms with Crippen LogP contribution in [0.4, 0.5) is 0 Å². The minimum Gasteiger partial charge on any atom is -0.409 e. The lowest BCUT2D eigenvalue weighted by molar-refractivity contribution is -0.127. The summed E-state index contributed by atoms with van der Waals surface area (Å²) in [6.07, 6.45) is 3.56. The summed E-state index contributed by atoms with van der Waals surface area (Å²) in [6, 6.07) is 0.924. The van der Waals surface area contributed by atoms with Gasteiger partial charge < -0.3 is 16.3 Å². The van der Waals surface area contributed by atoms with Crippen LogP contribution in [0.5, 0.6) is 0 Å². The average Bonchev–Trinajstić information content (AvgIpc) is 3.09. The van der Waals surface area contributed by atoms with Crippen molar-refractivity contribution in [3.05, 3.63) is 0 Å². The van der Waals surface area contributed by atoms with Crippen LogP contribution in [0.15, 0.2) is 5.16 Å². The van der Waals surface area contributed by atoms with Crippen LogP contribution in [0, 0.1) is 5.41 Å². The summed E-state index contributed by atoms with van der Waals surface area (Å²) in [5.41, 5.74) is 4.57. The van der Waals surface area contributed by atoms with E-state index >= 15 is 0 Å². The third-order valence-electron chi connectivity index (χ3n) is 3.93. The Labute approximate surface area is 107 Å². The highest BCUT2D eigenvalue weighted by molar-refractivity contribution is 6.05. The molecule has 0 bridgehead atoms. The molecule has 0 aromatic rings. The molecular formula is C12H22N4O2. The van der Waals surface area contributed by atoms with E-state index in [1.807, 2.05) is 0 Å². The molecule has 1 saturated heterocycles. The minimum absolute atomic E-state index is 0.0583. The largest absolute Gasteiger partial charge is 0.409 e. The van der Waals surface area contributed by atoms with Gasteiger partial charge in [0.05, 0.1) is 0 Å². The Morgan fingerprint density at radius 1 is 1.44 bits per heavy atom. The second kappa shape index (κ2) is 4.76. The number of nitrogens with two attached hydrogens (primary N) is 1. The van der Waals surface area contributed by atoms with Crippen molar-refractivity contribution < 1.29 is 10.0 Å². The van der Waals surface area contributed by atoms with Gasteiger partial charge in [0, 0.05) is 25.2 Å². The molecule has 2 aliphatic rings. The molecule has 102 valence electrons. The first-order valence-corrected chi connectivity index (χ1v) is 6.48. The fourth-order valence-corrected chi connectivity index (χ4v) is 2.28. The Kier molecular flexibility index (Phi) is 3.47. The van der Waals surface area contributed by atoms with Crippen LogP contribution in [0.3, 0.4) is 0 Å². The highest BCUT2D eigenvalue weighted by Crippen LogP contribution is 2.30. The first-order valence-electron chi connectivity index (χ1n) is 6.48. The summed E-state index contributed by atoms with van der Waals surface area (Å²) in [7, 11) is 0. The fraction of sp³-hybridized carbons (Fsp3) is 0.833. The van der Waals surface area contributed by atoms with Crippen molar-refractivity contribution >= 4 is 11.7 Å². The summed E-state index contributed by atoms with van der Waals surface area (Å²) in [5, 5.41) is 14.6. The van der Waals surface area contributed by atoms with Crippen LogP contribution in [0.2, 0.25) is 0 Å². The molecule has 1 unspecified atom stereocenters. The Morgan fingerprint density at radius 2 is 2.11 bits per heavy atom. The van der Waals surface area contributed by atoms with Gasteiger partial charge in [-0.25, -0.2) is 0 Å². The summed E-state index contributed by atoms with van der Waals surface area (Å²) in [4.78, 5) is 14.5. The van der Waals surface area contributed by atoms with Gasteiger partial charge in [-0.3, -0.25) is 9.69 Å². The van der Waals surface area contributed by atoms with Crippen molar-refractivity contribution in [2.24, 2.45) is 16.3 Å². The molecule has 0 aromatic carbocycles. The normalized spacial score (nSPS) is 26.3. The zero-order valence-electron chi connectivity index (χ0n) is 11.0. The maximum atomic E-state index is 12.1. The maximum absolute atomic E-state index is 12.1. The van der Waals surface area contributed by atoms with Gasteiger partial charge >= 0.3 is 0 Å². The van der Waals surface area contributed by atoms with E-state index in [-0.39, 0.29) is 17.8 Å². The van der Waals surface area contributed by atoms with Crippen molar-refractivity contribution in [2.45, 2.75) is 45.2 Å². The van der Waals surface area contributed by atoms with Crippen LogP contribution in [-0.2, 0) is 4.79 Å². The van der Waals surface area contributed by atoms with Gasteiger partial charge in [0.2, 0.25) is 5.91 Å². The molecule has 2 rings (SSSR count). The Bertz CT molecular complexity index is 363. The second-order valence-corrected chi connectivity index (χ2v) is 5.80. The van der Waals surface area contributed by atoms with E-state index in [9.17, 15) is 4.79 Å². The Hall–Kier alpha value is -1.30. The molecule has 4 N–H and O–H groups in total. The van der Waals surface area contributed by atoms with Crippen molar-refractivity contribution in [1.29, 1.82) is 0 Å². The summed E-state index contributed by atoms with van der Waals surface area (Å²) < 4.78 is 0. The molecule has 0 spiro atoms. The number of nitrogens with zero attached hydrogens (tertiary/aromatic N) is 2. The van der Waals surface area contributed by atoms with Crippen LogP contribution < -0.4 is 11.1 Å². The third-order valence-corrected chi connectivity index (χ3v) is 3.93. The van der Waals surface area contributed by atoms with Crippen LogP contribution in [0.25, 0.3) is 0 Å². The van der Waals surface area contributed by atoms with E-state index in [1.54, 1.807) is 13.8 Å². The number of amides is 1. The summed E-state index contributed by atoms with van der Waals surface area (Å²) in [6.45, 7) is 5.29. The van der Waals surface area contributed by atoms with Gasteiger partial charge in [0.25, 0.3) is 0 Å². The van der Waals surface area contributed by atoms with Crippen LogP contribution in [0.1, 0.15) is 33.1 Å². The highest BCUT2D eigenvalue weighted by atomic mass is 16.4. The van der Waals surface area contributed by atoms with E-state index in [0.29, 0.717) is 0 Å². The molecule has 1 aliphatic heterocycles. The van der Waals surface area contributed by atoms with Gasteiger partial charge in [0.15, 0.2) is 5.84 Å². The van der Waals surface area contributed by atoms with Crippen molar-refractivity contribution in [1.82, 2.24) is 10.2 Å². The zero-order valence-corrected chi connectivity index (χ0v) is 11.0. The van der Waals surface area contributed by atoms with Crippen molar-refractivity contribution in [2.75, 3.05) is 13.1 Å². The Balaban J connectivity index is 1.88. The Morgan fingerprint density at radius 3 is 2.67 bits per heavy atom. The summed E-state index contributed by atoms with van der Waals surface area (Å²) in [5.74, 6) is -0.238. The first kappa shape index (κ1) is 13.1. The number of hydrogen-bond donors (Lipinski definition) is 3. The number of hydrogen-bond acceptors (Lipinski definition) is 4. The lowest BCUT2D eigenvalue weighted by Gasteiger charge is -2.24. The van der Waals surface area contributed by atoms with E-state index < -0.39 is 5.41 Å². The highest BCUT2D eigenvalue weighted by Gasteiger charge is 2.38. The molecule has 1 heterocycles. The first-order chi connectivity index (χ1) is 8.45. The third kappa shape index (κ3) is 2.58. The smallest absolute Gasteiger partial charge is 0.233 e.